The highest BCUT2D eigenvalue weighted by atomic mass is 16.5. The van der Waals surface area contributed by atoms with Crippen LogP contribution in [0.3, 0.4) is 0 Å². The number of furan rings is 1. The molecule has 1 aliphatic rings. The average molecular weight is 437 g/mol. The highest BCUT2D eigenvalue weighted by molar-refractivity contribution is 5.89. The number of hydrogen-bond acceptors (Lipinski definition) is 6. The molecule has 1 aromatic carbocycles. The van der Waals surface area contributed by atoms with Gasteiger partial charge in [-0.15, -0.1) is 0 Å². The van der Waals surface area contributed by atoms with Crippen LogP contribution in [-0.4, -0.2) is 34.5 Å². The van der Waals surface area contributed by atoms with Crippen LogP contribution < -0.4 is 10.1 Å². The second kappa shape index (κ2) is 9.72. The number of carbonyl (C=O) groups excluding carboxylic acids is 2. The van der Waals surface area contributed by atoms with Crippen molar-refractivity contribution >= 4 is 11.8 Å². The third-order valence-electron chi connectivity index (χ3n) is 5.74. The summed E-state index contributed by atoms with van der Waals surface area (Å²) < 4.78 is 16.2. The van der Waals surface area contributed by atoms with Gasteiger partial charge in [0.25, 0.3) is 0 Å². The molecule has 1 N–H and O–H groups in total. The monoisotopic (exact) mass is 437 g/mol. The number of aryl methyl sites for hydroxylation is 2. The molecule has 1 saturated heterocycles. The van der Waals surface area contributed by atoms with Gasteiger partial charge in [-0.3, -0.25) is 9.59 Å². The predicted octanol–water partition coefficient (Wildman–Crippen LogP) is 3.31. The number of nitrogens with one attached hydrogen (secondary N) is 1. The summed E-state index contributed by atoms with van der Waals surface area (Å²) in [6, 6.07) is 10.6. The fraction of sp³-hybridized carbons (Fsp3) is 0.375. The van der Waals surface area contributed by atoms with Gasteiger partial charge in [-0.1, -0.05) is 17.3 Å². The first-order valence-electron chi connectivity index (χ1n) is 10.7. The van der Waals surface area contributed by atoms with Crippen molar-refractivity contribution in [1.82, 2.24) is 15.4 Å². The maximum Gasteiger partial charge on any atom is 0.243 e. The lowest BCUT2D eigenvalue weighted by Crippen LogP contribution is -2.46. The van der Waals surface area contributed by atoms with Crippen LogP contribution in [0.4, 0.5) is 0 Å². The van der Waals surface area contributed by atoms with Gasteiger partial charge in [0.2, 0.25) is 11.8 Å². The summed E-state index contributed by atoms with van der Waals surface area (Å²) >= 11 is 0. The van der Waals surface area contributed by atoms with Crippen LogP contribution >= 0.6 is 0 Å². The summed E-state index contributed by atoms with van der Waals surface area (Å²) in [5.74, 6) is 1.95. The summed E-state index contributed by atoms with van der Waals surface area (Å²) in [6.45, 7) is 5.03. The fourth-order valence-corrected chi connectivity index (χ4v) is 3.89. The molecule has 1 unspecified atom stereocenters. The van der Waals surface area contributed by atoms with Crippen LogP contribution in [0, 0.1) is 13.8 Å². The first-order chi connectivity index (χ1) is 15.5. The minimum Gasteiger partial charge on any atom is -0.489 e. The molecule has 0 saturated carbocycles. The third-order valence-corrected chi connectivity index (χ3v) is 5.74. The summed E-state index contributed by atoms with van der Waals surface area (Å²) in [5.41, 5.74) is 2.63. The molecule has 0 spiro atoms. The van der Waals surface area contributed by atoms with Gasteiger partial charge in [-0.25, -0.2) is 0 Å². The Morgan fingerprint density at radius 1 is 1.22 bits per heavy atom. The Bertz CT molecular complexity index is 1040. The molecule has 8 nitrogen and oxygen atoms in total. The third kappa shape index (κ3) is 5.01. The topological polar surface area (TPSA) is 97.8 Å². The average Bonchev–Trinajstić information content (AvgIpc) is 3.54. The van der Waals surface area contributed by atoms with E-state index in [1.54, 1.807) is 23.3 Å². The van der Waals surface area contributed by atoms with Gasteiger partial charge >= 0.3 is 0 Å². The largest absolute Gasteiger partial charge is 0.489 e. The van der Waals surface area contributed by atoms with Crippen LogP contribution in [0.1, 0.15) is 41.2 Å². The van der Waals surface area contributed by atoms with Gasteiger partial charge in [-0.05, 0) is 56.5 Å². The SMILES string of the molecule is Cc1noc(C)c1COc1ccc(CC(=O)N2CCCC2C(=O)NCc2ccco2)cc1. The lowest BCUT2D eigenvalue weighted by molar-refractivity contribution is -0.138. The van der Waals surface area contributed by atoms with Gasteiger partial charge in [0.05, 0.1) is 30.5 Å². The molecule has 3 heterocycles. The van der Waals surface area contributed by atoms with E-state index in [0.29, 0.717) is 37.6 Å². The minimum absolute atomic E-state index is 0.0509. The van der Waals surface area contributed by atoms with E-state index in [-0.39, 0.29) is 18.2 Å². The number of amides is 2. The molecule has 168 valence electrons. The van der Waals surface area contributed by atoms with Crippen LogP contribution in [0.15, 0.2) is 51.6 Å². The molecule has 0 bridgehead atoms. The van der Waals surface area contributed by atoms with Gasteiger partial charge < -0.3 is 23.9 Å². The minimum atomic E-state index is -0.435. The molecule has 1 fully saturated rings. The van der Waals surface area contributed by atoms with Gasteiger partial charge in [-0.2, -0.15) is 0 Å². The van der Waals surface area contributed by atoms with Crippen molar-refractivity contribution in [2.24, 2.45) is 0 Å². The quantitative estimate of drug-likeness (QED) is 0.581. The summed E-state index contributed by atoms with van der Waals surface area (Å²) in [7, 11) is 0. The first-order valence-corrected chi connectivity index (χ1v) is 10.7. The number of rotatable bonds is 8. The molecule has 0 aliphatic carbocycles. The van der Waals surface area contributed by atoms with E-state index in [0.717, 1.165) is 29.0 Å². The van der Waals surface area contributed by atoms with E-state index in [1.807, 2.05) is 38.1 Å². The van der Waals surface area contributed by atoms with Crippen LogP contribution in [0.25, 0.3) is 0 Å². The predicted molar refractivity (Wildman–Crippen MR) is 116 cm³/mol. The molecular formula is C24H27N3O5. The smallest absolute Gasteiger partial charge is 0.243 e. The summed E-state index contributed by atoms with van der Waals surface area (Å²) in [4.78, 5) is 27.2. The molecule has 1 atom stereocenters. The molecule has 1 aliphatic heterocycles. The van der Waals surface area contributed by atoms with Crippen molar-refractivity contribution in [1.29, 1.82) is 0 Å². The van der Waals surface area contributed by atoms with E-state index >= 15 is 0 Å². The van der Waals surface area contributed by atoms with Crippen molar-refractivity contribution in [3.05, 3.63) is 71.0 Å². The Morgan fingerprint density at radius 2 is 2.03 bits per heavy atom. The number of likely N-dealkylation sites (tertiary alicyclic amines) is 1. The highest BCUT2D eigenvalue weighted by Crippen LogP contribution is 2.21. The van der Waals surface area contributed by atoms with Crippen LogP contribution in [0.2, 0.25) is 0 Å². The van der Waals surface area contributed by atoms with Crippen LogP contribution in [0.5, 0.6) is 5.75 Å². The normalized spacial score (nSPS) is 15.7. The van der Waals surface area contributed by atoms with Crippen molar-refractivity contribution in [2.75, 3.05) is 6.54 Å². The van der Waals surface area contributed by atoms with Crippen molar-refractivity contribution < 1.29 is 23.3 Å². The Morgan fingerprint density at radius 3 is 2.72 bits per heavy atom. The molecule has 32 heavy (non-hydrogen) atoms. The Labute approximate surface area is 186 Å². The lowest BCUT2D eigenvalue weighted by atomic mass is 10.1. The van der Waals surface area contributed by atoms with Gasteiger partial charge in [0.1, 0.15) is 29.9 Å². The van der Waals surface area contributed by atoms with E-state index in [2.05, 4.69) is 10.5 Å². The number of carbonyl (C=O) groups is 2. The summed E-state index contributed by atoms with van der Waals surface area (Å²) in [6.07, 6.45) is 3.30. The maximum atomic E-state index is 12.9. The zero-order valence-corrected chi connectivity index (χ0v) is 18.3. The molecule has 8 heteroatoms. The first kappa shape index (κ1) is 21.7. The molecule has 2 aromatic heterocycles. The fourth-order valence-electron chi connectivity index (χ4n) is 3.89. The second-order valence-corrected chi connectivity index (χ2v) is 7.95. The van der Waals surface area contributed by atoms with Crippen molar-refractivity contribution in [3.63, 3.8) is 0 Å². The number of nitrogens with zero attached hydrogens (tertiary/aromatic N) is 2. The maximum absolute atomic E-state index is 12.9. The van der Waals surface area contributed by atoms with E-state index in [1.165, 1.54) is 0 Å². The number of benzene rings is 1. The van der Waals surface area contributed by atoms with E-state index in [4.69, 9.17) is 13.7 Å². The zero-order chi connectivity index (χ0) is 22.5. The second-order valence-electron chi connectivity index (χ2n) is 7.95. The lowest BCUT2D eigenvalue weighted by Gasteiger charge is -2.24. The molecule has 0 radical (unpaired) electrons. The molecular weight excluding hydrogens is 410 g/mol. The molecule has 2 amide bonds. The van der Waals surface area contributed by atoms with Gasteiger partial charge in [0, 0.05) is 6.54 Å². The van der Waals surface area contributed by atoms with Gasteiger partial charge in [0.15, 0.2) is 0 Å². The van der Waals surface area contributed by atoms with E-state index in [9.17, 15) is 9.59 Å². The Balaban J connectivity index is 1.30. The highest BCUT2D eigenvalue weighted by Gasteiger charge is 2.33. The zero-order valence-electron chi connectivity index (χ0n) is 18.3. The molecule has 3 aromatic rings. The summed E-state index contributed by atoms with van der Waals surface area (Å²) in [5, 5.41) is 6.79. The molecule has 4 rings (SSSR count). The Hall–Kier alpha value is -3.55. The number of hydrogen-bond donors (Lipinski definition) is 1. The standard InChI is InChI=1S/C24H27N3O5/c1-16-21(17(2)32-26-16)15-31-19-9-7-18(8-10-19)13-23(28)27-11-3-6-22(27)24(29)25-14-20-5-4-12-30-20/h4-5,7-10,12,22H,3,6,11,13-15H2,1-2H3,(H,25,29). The number of aromatic nitrogens is 1. The van der Waals surface area contributed by atoms with E-state index < -0.39 is 6.04 Å². The Kier molecular flexibility index (Phi) is 6.58. The van der Waals surface area contributed by atoms with Crippen molar-refractivity contribution in [2.45, 2.75) is 52.3 Å². The number of ether oxygens (including phenoxy) is 1. The van der Waals surface area contributed by atoms with Crippen molar-refractivity contribution in [3.8, 4) is 5.75 Å². The van der Waals surface area contributed by atoms with Crippen LogP contribution in [-0.2, 0) is 29.2 Å².